The number of nitrogens with two attached hydrogens (primary N) is 2. The van der Waals surface area contributed by atoms with E-state index in [4.69, 9.17) is 16.3 Å². The number of hydrogen-bond donors (Lipinski definition) is 2. The monoisotopic (exact) mass is 396 g/mol. The number of amides is 1. The molecule has 0 bridgehead atoms. The van der Waals surface area contributed by atoms with E-state index in [9.17, 15) is 25.0 Å². The van der Waals surface area contributed by atoms with Crippen LogP contribution in [0.1, 0.15) is 10.4 Å². The number of carbonyl (C=O) groups is 2. The number of nitrogen functional groups attached to an aromatic ring is 1. The molecule has 136 valence electrons. The van der Waals surface area contributed by atoms with E-state index in [0.29, 0.717) is 4.90 Å². The number of hydrogen-bond acceptors (Lipinski definition) is 9. The van der Waals surface area contributed by atoms with Gasteiger partial charge in [0, 0.05) is 23.4 Å². The Balaban J connectivity index is 0.00000163. The highest BCUT2D eigenvalue weighted by Crippen LogP contribution is 2.45. The van der Waals surface area contributed by atoms with Gasteiger partial charge in [0.15, 0.2) is 0 Å². The molecule has 26 heavy (non-hydrogen) atoms. The van der Waals surface area contributed by atoms with Gasteiger partial charge in [0.2, 0.25) is 5.91 Å². The van der Waals surface area contributed by atoms with E-state index in [1.54, 1.807) is 0 Å². The van der Waals surface area contributed by atoms with Gasteiger partial charge in [-0.2, -0.15) is 0 Å². The minimum atomic E-state index is -0.781. The summed E-state index contributed by atoms with van der Waals surface area (Å²) in [5.41, 5.74) is 10.4. The zero-order valence-corrected chi connectivity index (χ0v) is 14.6. The van der Waals surface area contributed by atoms with E-state index in [2.05, 4.69) is 0 Å². The molecule has 2 rings (SSSR count). The molecule has 2 aromatic carbocycles. The van der Waals surface area contributed by atoms with Gasteiger partial charge in [-0.25, -0.2) is 0 Å². The fourth-order valence-corrected chi connectivity index (χ4v) is 3.97. The van der Waals surface area contributed by atoms with Crippen molar-refractivity contribution in [2.24, 2.45) is 5.73 Å². The summed E-state index contributed by atoms with van der Waals surface area (Å²) in [6.45, 7) is 2.00. The second-order valence-electron chi connectivity index (χ2n) is 4.45. The molecule has 0 spiro atoms. The predicted octanol–water partition coefficient (Wildman–Crippen LogP) is 2.80. The Morgan fingerprint density at radius 2 is 1.38 bits per heavy atom. The Hall–Kier alpha value is -3.12. The van der Waals surface area contributed by atoms with Crippen molar-refractivity contribution in [2.75, 3.05) is 5.73 Å². The molecule has 0 saturated carbocycles. The Morgan fingerprint density at radius 1 is 0.923 bits per heavy atom. The second-order valence-corrected chi connectivity index (χ2v) is 6.67. The fraction of sp³-hybridized carbons (Fsp3) is 0. The van der Waals surface area contributed by atoms with Gasteiger partial charge in [0.25, 0.3) is 11.4 Å². The van der Waals surface area contributed by atoms with Crippen LogP contribution in [0.4, 0.5) is 17.1 Å². The summed E-state index contributed by atoms with van der Waals surface area (Å²) >= 11 is 0. The molecule has 0 atom stereocenters. The van der Waals surface area contributed by atoms with E-state index in [1.165, 1.54) is 30.3 Å². The molecule has 0 saturated heterocycles. The van der Waals surface area contributed by atoms with Crippen LogP contribution in [-0.2, 0) is 4.79 Å². The molecule has 0 radical (unpaired) electrons. The van der Waals surface area contributed by atoms with Crippen LogP contribution in [0.3, 0.4) is 0 Å². The lowest BCUT2D eigenvalue weighted by Crippen LogP contribution is -2.11. The minimum absolute atomic E-state index is 0.00881. The van der Waals surface area contributed by atoms with Gasteiger partial charge in [0.1, 0.15) is 6.79 Å². The lowest BCUT2D eigenvalue weighted by Gasteiger charge is -2.05. The number of rotatable bonds is 6. The van der Waals surface area contributed by atoms with Crippen LogP contribution in [0.25, 0.3) is 0 Å². The average Bonchev–Trinajstić information content (AvgIpc) is 2.61. The van der Waals surface area contributed by atoms with E-state index in [0.717, 1.165) is 27.7 Å². The smallest absolute Gasteiger partial charge is 0.285 e. The molecule has 1 amide bonds. The summed E-state index contributed by atoms with van der Waals surface area (Å²) in [5.74, 6) is -0.781. The Bertz CT molecular complexity index is 861. The number of nitrogens with zero attached hydrogens (tertiary/aromatic N) is 2. The third-order valence-electron chi connectivity index (χ3n) is 2.84. The van der Waals surface area contributed by atoms with Crippen LogP contribution in [0.5, 0.6) is 0 Å². The molecule has 0 unspecified atom stereocenters. The zero-order valence-electron chi connectivity index (χ0n) is 13.0. The molecule has 12 heteroatoms. The standard InChI is InChI=1S/C13H10N4O5S2.CH2O/c14-8-2-4-12(10(6-8)17(21)22)24-23-11-3-1-7(13(15)18)5-9(11)16(19)20;1-2/h1-6H,14H2,(H2,15,18);1H2. The summed E-state index contributed by atoms with van der Waals surface area (Å²) in [6.07, 6.45) is 0. The molecular formula is C14H12N4O6S2. The van der Waals surface area contributed by atoms with Crippen molar-refractivity contribution in [1.82, 2.24) is 0 Å². The molecule has 10 nitrogen and oxygen atoms in total. The quantitative estimate of drug-likeness (QED) is 0.322. The summed E-state index contributed by atoms with van der Waals surface area (Å²) in [6, 6.07) is 7.99. The van der Waals surface area contributed by atoms with E-state index in [1.807, 2.05) is 6.79 Å². The SMILES string of the molecule is C=O.NC(=O)c1ccc(SSc2ccc(N)cc2[N+](=O)[O-])c([N+](=O)[O-])c1. The normalized spacial score (nSPS) is 9.69. The van der Waals surface area contributed by atoms with Gasteiger partial charge < -0.3 is 16.3 Å². The van der Waals surface area contributed by atoms with Crippen molar-refractivity contribution >= 4 is 51.3 Å². The summed E-state index contributed by atoms with van der Waals surface area (Å²) in [5, 5.41) is 22.2. The van der Waals surface area contributed by atoms with Crippen molar-refractivity contribution < 1.29 is 19.4 Å². The summed E-state index contributed by atoms with van der Waals surface area (Å²) in [7, 11) is 1.95. The minimum Gasteiger partial charge on any atom is -0.399 e. The first kappa shape index (κ1) is 20.9. The zero-order chi connectivity index (χ0) is 19.9. The topological polar surface area (TPSA) is 172 Å². The van der Waals surface area contributed by atoms with Crippen molar-refractivity contribution in [3.8, 4) is 0 Å². The van der Waals surface area contributed by atoms with Gasteiger partial charge in [-0.15, -0.1) is 0 Å². The van der Waals surface area contributed by atoms with Crippen molar-refractivity contribution in [1.29, 1.82) is 0 Å². The first-order valence-corrected chi connectivity index (χ1v) is 8.70. The molecular weight excluding hydrogens is 384 g/mol. The number of carbonyl (C=O) groups excluding carboxylic acids is 2. The van der Waals surface area contributed by atoms with E-state index >= 15 is 0 Å². The largest absolute Gasteiger partial charge is 0.399 e. The van der Waals surface area contributed by atoms with Crippen LogP contribution in [0.2, 0.25) is 0 Å². The van der Waals surface area contributed by atoms with Gasteiger partial charge in [-0.3, -0.25) is 25.0 Å². The molecule has 0 fully saturated rings. The van der Waals surface area contributed by atoms with Gasteiger partial charge in [0.05, 0.1) is 19.6 Å². The Morgan fingerprint density at radius 3 is 1.85 bits per heavy atom. The van der Waals surface area contributed by atoms with Crippen LogP contribution in [0, 0.1) is 20.2 Å². The van der Waals surface area contributed by atoms with Crippen LogP contribution < -0.4 is 11.5 Å². The number of anilines is 1. The maximum absolute atomic E-state index is 11.1. The first-order chi connectivity index (χ1) is 12.3. The lowest BCUT2D eigenvalue weighted by atomic mass is 10.2. The molecule has 0 heterocycles. The van der Waals surface area contributed by atoms with E-state index < -0.39 is 15.8 Å². The molecule has 4 N–H and O–H groups in total. The highest BCUT2D eigenvalue weighted by molar-refractivity contribution is 8.76. The van der Waals surface area contributed by atoms with Crippen LogP contribution in [-0.4, -0.2) is 22.5 Å². The predicted molar refractivity (Wildman–Crippen MR) is 98.0 cm³/mol. The Kier molecular flexibility index (Phi) is 7.55. The highest BCUT2D eigenvalue weighted by Gasteiger charge is 2.20. The molecule has 2 aromatic rings. The van der Waals surface area contributed by atoms with Crippen LogP contribution in [0.15, 0.2) is 46.2 Å². The third kappa shape index (κ3) is 5.19. The average molecular weight is 396 g/mol. The third-order valence-corrected chi connectivity index (χ3v) is 5.30. The molecule has 0 aliphatic carbocycles. The number of nitro benzene ring substituents is 2. The number of primary amides is 1. The molecule has 0 aliphatic rings. The number of nitro groups is 2. The molecule has 0 aromatic heterocycles. The van der Waals surface area contributed by atoms with Crippen molar-refractivity contribution in [3.63, 3.8) is 0 Å². The van der Waals surface area contributed by atoms with Crippen molar-refractivity contribution in [2.45, 2.75) is 9.79 Å². The second kappa shape index (κ2) is 9.39. The first-order valence-electron chi connectivity index (χ1n) is 6.55. The fourth-order valence-electron chi connectivity index (χ4n) is 1.72. The van der Waals surface area contributed by atoms with Gasteiger partial charge in [-0.05, 0) is 45.9 Å². The van der Waals surface area contributed by atoms with E-state index in [-0.39, 0.29) is 27.5 Å². The lowest BCUT2D eigenvalue weighted by molar-refractivity contribution is -0.387. The van der Waals surface area contributed by atoms with Crippen molar-refractivity contribution in [3.05, 3.63) is 62.2 Å². The number of benzene rings is 2. The van der Waals surface area contributed by atoms with Gasteiger partial charge >= 0.3 is 0 Å². The van der Waals surface area contributed by atoms with Crippen LogP contribution >= 0.6 is 21.6 Å². The van der Waals surface area contributed by atoms with Gasteiger partial charge in [-0.1, -0.05) is 0 Å². The summed E-state index contributed by atoms with van der Waals surface area (Å²) < 4.78 is 0. The maximum Gasteiger partial charge on any atom is 0.285 e. The Labute approximate surface area is 154 Å². The summed E-state index contributed by atoms with van der Waals surface area (Å²) in [4.78, 5) is 40.6. The highest BCUT2D eigenvalue weighted by atomic mass is 33.1. The molecule has 0 aliphatic heterocycles. The maximum atomic E-state index is 11.1.